The number of nitrogens with zero attached hydrogens (tertiary/aromatic N) is 2. The molecule has 1 saturated heterocycles. The molecule has 0 aromatic heterocycles. The van der Waals surface area contributed by atoms with Crippen molar-refractivity contribution < 1.29 is 14.3 Å². The number of thioether (sulfide) groups is 1. The van der Waals surface area contributed by atoms with Crippen molar-refractivity contribution in [3.8, 4) is 11.5 Å². The minimum Gasteiger partial charge on any atom is -0.496 e. The second kappa shape index (κ2) is 8.92. The number of amidine groups is 1. The molecular weight excluding hydrogens is 386 g/mol. The minimum atomic E-state index is -0.0599. The fourth-order valence-corrected chi connectivity index (χ4v) is 3.14. The van der Waals surface area contributed by atoms with Gasteiger partial charge in [0.1, 0.15) is 18.1 Å². The third kappa shape index (κ3) is 5.24. The SMILES string of the molecule is COc1ccc(C=NN=C2NC(=O)CS2)cc1COc1ccc(Cl)c(C)c1. The molecule has 0 unspecified atom stereocenters. The van der Waals surface area contributed by atoms with Crippen LogP contribution in [0.5, 0.6) is 11.5 Å². The van der Waals surface area contributed by atoms with E-state index < -0.39 is 0 Å². The van der Waals surface area contributed by atoms with Gasteiger partial charge in [-0.3, -0.25) is 4.79 Å². The van der Waals surface area contributed by atoms with Gasteiger partial charge >= 0.3 is 0 Å². The smallest absolute Gasteiger partial charge is 0.236 e. The van der Waals surface area contributed by atoms with E-state index in [0.29, 0.717) is 22.6 Å². The maximum Gasteiger partial charge on any atom is 0.236 e. The summed E-state index contributed by atoms with van der Waals surface area (Å²) in [6, 6.07) is 11.2. The summed E-state index contributed by atoms with van der Waals surface area (Å²) >= 11 is 7.37. The second-order valence-corrected chi connectivity index (χ2v) is 7.13. The van der Waals surface area contributed by atoms with Gasteiger partial charge in [-0.15, -0.1) is 5.10 Å². The van der Waals surface area contributed by atoms with Gasteiger partial charge in [0.25, 0.3) is 0 Å². The highest BCUT2D eigenvalue weighted by Gasteiger charge is 2.15. The summed E-state index contributed by atoms with van der Waals surface area (Å²) in [7, 11) is 1.62. The van der Waals surface area contributed by atoms with Crippen molar-refractivity contribution in [2.45, 2.75) is 13.5 Å². The van der Waals surface area contributed by atoms with Crippen molar-refractivity contribution in [1.29, 1.82) is 0 Å². The zero-order valence-electron chi connectivity index (χ0n) is 14.9. The Morgan fingerprint density at radius 2 is 2.15 bits per heavy atom. The predicted molar refractivity (Wildman–Crippen MR) is 109 cm³/mol. The molecule has 1 aliphatic heterocycles. The number of carbonyl (C=O) groups excluding carboxylic acids is 1. The van der Waals surface area contributed by atoms with Crippen LogP contribution in [0.1, 0.15) is 16.7 Å². The first-order valence-electron chi connectivity index (χ1n) is 8.14. The fraction of sp³-hybridized carbons (Fsp3) is 0.211. The Labute approximate surface area is 166 Å². The van der Waals surface area contributed by atoms with Crippen molar-refractivity contribution in [2.24, 2.45) is 10.2 Å². The molecule has 1 aliphatic rings. The van der Waals surface area contributed by atoms with E-state index in [0.717, 1.165) is 28.2 Å². The first-order valence-corrected chi connectivity index (χ1v) is 9.51. The number of ether oxygens (including phenoxy) is 2. The number of nitrogens with one attached hydrogen (secondary N) is 1. The van der Waals surface area contributed by atoms with Gasteiger partial charge in [-0.1, -0.05) is 23.4 Å². The van der Waals surface area contributed by atoms with Gasteiger partial charge in [0.15, 0.2) is 5.17 Å². The molecule has 140 valence electrons. The maximum atomic E-state index is 11.1. The van der Waals surface area contributed by atoms with Crippen molar-refractivity contribution >= 4 is 40.7 Å². The monoisotopic (exact) mass is 403 g/mol. The molecule has 0 spiro atoms. The number of amides is 1. The quantitative estimate of drug-likeness (QED) is 0.588. The second-order valence-electron chi connectivity index (χ2n) is 5.76. The molecular formula is C19H18ClN3O3S. The molecule has 0 bridgehead atoms. The molecule has 1 fully saturated rings. The third-order valence-electron chi connectivity index (χ3n) is 3.77. The molecule has 1 heterocycles. The van der Waals surface area contributed by atoms with Crippen LogP contribution in [0.3, 0.4) is 0 Å². The molecule has 0 radical (unpaired) electrons. The van der Waals surface area contributed by atoms with Gasteiger partial charge in [0.05, 0.1) is 19.1 Å². The lowest BCUT2D eigenvalue weighted by Crippen LogP contribution is -2.19. The van der Waals surface area contributed by atoms with E-state index in [9.17, 15) is 4.79 Å². The topological polar surface area (TPSA) is 72.3 Å². The van der Waals surface area contributed by atoms with Crippen LogP contribution in [-0.2, 0) is 11.4 Å². The van der Waals surface area contributed by atoms with E-state index >= 15 is 0 Å². The summed E-state index contributed by atoms with van der Waals surface area (Å²) in [5.74, 6) is 1.78. The lowest BCUT2D eigenvalue weighted by atomic mass is 10.1. The number of methoxy groups -OCH3 is 1. The van der Waals surface area contributed by atoms with Crippen LogP contribution in [-0.4, -0.2) is 30.2 Å². The maximum absolute atomic E-state index is 11.1. The normalized spacial score (nSPS) is 15.4. The highest BCUT2D eigenvalue weighted by Crippen LogP contribution is 2.24. The van der Waals surface area contributed by atoms with Crippen LogP contribution >= 0.6 is 23.4 Å². The third-order valence-corrected chi connectivity index (χ3v) is 5.06. The molecule has 8 heteroatoms. The highest BCUT2D eigenvalue weighted by molar-refractivity contribution is 8.15. The summed E-state index contributed by atoms with van der Waals surface area (Å²) in [6.45, 7) is 2.27. The number of hydrogen-bond acceptors (Lipinski definition) is 6. The van der Waals surface area contributed by atoms with Crippen LogP contribution < -0.4 is 14.8 Å². The Kier molecular flexibility index (Phi) is 6.36. The Balaban J connectivity index is 1.71. The summed E-state index contributed by atoms with van der Waals surface area (Å²) in [6.07, 6.45) is 1.62. The lowest BCUT2D eigenvalue weighted by Gasteiger charge is -2.12. The molecule has 0 aliphatic carbocycles. The average Bonchev–Trinajstić information content (AvgIpc) is 3.08. The highest BCUT2D eigenvalue weighted by atomic mass is 35.5. The van der Waals surface area contributed by atoms with E-state index in [4.69, 9.17) is 21.1 Å². The van der Waals surface area contributed by atoms with Crippen LogP contribution in [0, 0.1) is 6.92 Å². The van der Waals surface area contributed by atoms with Gasteiger partial charge in [-0.2, -0.15) is 5.10 Å². The van der Waals surface area contributed by atoms with Crippen LogP contribution in [0.4, 0.5) is 0 Å². The van der Waals surface area contributed by atoms with Crippen molar-refractivity contribution in [2.75, 3.05) is 12.9 Å². The van der Waals surface area contributed by atoms with E-state index in [1.807, 2.05) is 43.3 Å². The van der Waals surface area contributed by atoms with Crippen molar-refractivity contribution in [3.05, 3.63) is 58.1 Å². The Bertz CT molecular complexity index is 915. The number of rotatable bonds is 6. The van der Waals surface area contributed by atoms with Crippen LogP contribution in [0.2, 0.25) is 5.02 Å². The van der Waals surface area contributed by atoms with E-state index in [1.54, 1.807) is 13.3 Å². The average molecular weight is 404 g/mol. The molecule has 1 amide bonds. The standard InChI is InChI=1S/C19H18ClN3O3S/c1-12-7-15(4-5-16(12)20)26-10-14-8-13(3-6-17(14)25-2)9-21-23-19-22-18(24)11-27-19/h3-9H,10-11H2,1-2H3,(H,22,23,24). The molecule has 0 atom stereocenters. The van der Waals surface area contributed by atoms with E-state index in [2.05, 4.69) is 15.5 Å². The molecule has 27 heavy (non-hydrogen) atoms. The minimum absolute atomic E-state index is 0.0599. The largest absolute Gasteiger partial charge is 0.496 e. The molecule has 2 aromatic carbocycles. The number of benzene rings is 2. The summed E-state index contributed by atoms with van der Waals surface area (Å²) < 4.78 is 11.3. The number of hydrogen-bond donors (Lipinski definition) is 1. The molecule has 2 aromatic rings. The predicted octanol–water partition coefficient (Wildman–Crippen LogP) is 3.79. The Morgan fingerprint density at radius 3 is 2.85 bits per heavy atom. The van der Waals surface area contributed by atoms with Gasteiger partial charge in [-0.25, -0.2) is 0 Å². The number of carbonyl (C=O) groups is 1. The van der Waals surface area contributed by atoms with E-state index in [1.165, 1.54) is 11.8 Å². The summed E-state index contributed by atoms with van der Waals surface area (Å²) in [4.78, 5) is 11.1. The van der Waals surface area contributed by atoms with Gasteiger partial charge in [0, 0.05) is 10.6 Å². The van der Waals surface area contributed by atoms with Gasteiger partial charge in [-0.05, 0) is 54.4 Å². The molecule has 3 rings (SSSR count). The number of aryl methyl sites for hydroxylation is 1. The lowest BCUT2D eigenvalue weighted by molar-refractivity contribution is -0.116. The molecule has 6 nitrogen and oxygen atoms in total. The van der Waals surface area contributed by atoms with Crippen molar-refractivity contribution in [1.82, 2.24) is 5.32 Å². The van der Waals surface area contributed by atoms with E-state index in [-0.39, 0.29) is 5.91 Å². The van der Waals surface area contributed by atoms with Crippen LogP contribution in [0.25, 0.3) is 0 Å². The summed E-state index contributed by atoms with van der Waals surface area (Å²) in [5, 5.41) is 11.9. The first kappa shape index (κ1) is 19.3. The number of halogens is 1. The fourth-order valence-electron chi connectivity index (χ4n) is 2.39. The molecule has 1 N–H and O–H groups in total. The molecule has 0 saturated carbocycles. The zero-order chi connectivity index (χ0) is 19.2. The first-order chi connectivity index (χ1) is 13.0. The van der Waals surface area contributed by atoms with Gasteiger partial charge in [0.2, 0.25) is 5.91 Å². The zero-order valence-corrected chi connectivity index (χ0v) is 16.4. The Hall–Kier alpha value is -2.51. The Morgan fingerprint density at radius 1 is 1.30 bits per heavy atom. The van der Waals surface area contributed by atoms with Gasteiger partial charge < -0.3 is 14.8 Å². The van der Waals surface area contributed by atoms with Crippen LogP contribution in [0.15, 0.2) is 46.6 Å². The van der Waals surface area contributed by atoms with Crippen molar-refractivity contribution in [3.63, 3.8) is 0 Å². The summed E-state index contributed by atoms with van der Waals surface area (Å²) in [5.41, 5.74) is 2.68.